The van der Waals surface area contributed by atoms with Gasteiger partial charge in [0.2, 0.25) is 0 Å². The lowest BCUT2D eigenvalue weighted by Gasteiger charge is -2.26. The van der Waals surface area contributed by atoms with Crippen LogP contribution in [0.5, 0.6) is 0 Å². The summed E-state index contributed by atoms with van der Waals surface area (Å²) in [5, 5.41) is 0.806. The highest BCUT2D eigenvalue weighted by molar-refractivity contribution is 9.10. The van der Waals surface area contributed by atoms with Gasteiger partial charge in [-0.2, -0.15) is 0 Å². The minimum absolute atomic E-state index is 0.240. The van der Waals surface area contributed by atoms with E-state index >= 15 is 0 Å². The van der Waals surface area contributed by atoms with Gasteiger partial charge in [0, 0.05) is 27.8 Å². The maximum atomic E-state index is 6.26. The Morgan fingerprint density at radius 1 is 1.25 bits per heavy atom. The molecule has 0 spiro atoms. The molecule has 2 N–H and O–H groups in total. The van der Waals surface area contributed by atoms with Gasteiger partial charge in [0.15, 0.2) is 0 Å². The second-order valence-electron chi connectivity index (χ2n) is 5.01. The lowest BCUT2D eigenvalue weighted by atomic mass is 10.1. The van der Waals surface area contributed by atoms with Gasteiger partial charge in [-0.15, -0.1) is 0 Å². The van der Waals surface area contributed by atoms with E-state index in [4.69, 9.17) is 17.3 Å². The molecule has 0 amide bonds. The van der Waals surface area contributed by atoms with E-state index in [1.807, 2.05) is 30.3 Å². The summed E-state index contributed by atoms with van der Waals surface area (Å²) >= 11 is 9.74. The Morgan fingerprint density at radius 3 is 2.60 bits per heavy atom. The molecule has 2 nitrogen and oxygen atoms in total. The molecule has 1 atom stereocenters. The Bertz CT molecular complexity index is 581. The molecule has 2 aromatic rings. The topological polar surface area (TPSA) is 29.3 Å². The molecule has 0 aliphatic carbocycles. The first-order valence-electron chi connectivity index (χ1n) is 6.47. The summed E-state index contributed by atoms with van der Waals surface area (Å²) in [5.41, 5.74) is 8.97. The quantitative estimate of drug-likeness (QED) is 0.794. The van der Waals surface area contributed by atoms with Gasteiger partial charge in [0.25, 0.3) is 0 Å². The van der Waals surface area contributed by atoms with Gasteiger partial charge >= 0.3 is 0 Å². The van der Waals surface area contributed by atoms with Crippen LogP contribution in [-0.4, -0.2) is 11.9 Å². The van der Waals surface area contributed by atoms with Gasteiger partial charge in [-0.05, 0) is 49.4 Å². The number of nitrogens with zero attached hydrogens (tertiary/aromatic N) is 1. The maximum Gasteiger partial charge on any atom is 0.0453 e. The minimum Gasteiger partial charge on any atom is -0.399 e. The van der Waals surface area contributed by atoms with Gasteiger partial charge in [-0.3, -0.25) is 4.90 Å². The van der Waals surface area contributed by atoms with E-state index in [9.17, 15) is 0 Å². The van der Waals surface area contributed by atoms with E-state index in [1.54, 1.807) is 0 Å². The molecule has 0 fully saturated rings. The highest BCUT2D eigenvalue weighted by Gasteiger charge is 2.14. The van der Waals surface area contributed by atoms with Crippen molar-refractivity contribution in [1.29, 1.82) is 0 Å². The van der Waals surface area contributed by atoms with Gasteiger partial charge in [0.1, 0.15) is 0 Å². The number of hydrogen-bond donors (Lipinski definition) is 1. The monoisotopic (exact) mass is 352 g/mol. The zero-order valence-corrected chi connectivity index (χ0v) is 13.9. The Labute approximate surface area is 133 Å². The van der Waals surface area contributed by atoms with Crippen molar-refractivity contribution in [1.82, 2.24) is 4.90 Å². The molecule has 106 valence electrons. The molecule has 0 radical (unpaired) electrons. The van der Waals surface area contributed by atoms with Gasteiger partial charge < -0.3 is 5.73 Å². The van der Waals surface area contributed by atoms with Crippen LogP contribution in [0.1, 0.15) is 24.1 Å². The summed E-state index contributed by atoms with van der Waals surface area (Å²) in [4.78, 5) is 2.25. The van der Waals surface area contributed by atoms with E-state index in [0.717, 1.165) is 27.3 Å². The largest absolute Gasteiger partial charge is 0.399 e. The number of anilines is 1. The van der Waals surface area contributed by atoms with Crippen molar-refractivity contribution in [3.8, 4) is 0 Å². The lowest BCUT2D eigenvalue weighted by molar-refractivity contribution is 0.253. The van der Waals surface area contributed by atoms with E-state index in [-0.39, 0.29) is 6.04 Å². The van der Waals surface area contributed by atoms with E-state index in [0.29, 0.717) is 0 Å². The molecule has 1 unspecified atom stereocenters. The predicted molar refractivity (Wildman–Crippen MR) is 89.9 cm³/mol. The predicted octanol–water partition coefficient (Wildman–Crippen LogP) is 4.88. The van der Waals surface area contributed by atoms with Crippen molar-refractivity contribution < 1.29 is 0 Å². The summed E-state index contributed by atoms with van der Waals surface area (Å²) < 4.78 is 1.01. The summed E-state index contributed by atoms with van der Waals surface area (Å²) in [6.07, 6.45) is 0. The Kier molecular flexibility index (Phi) is 5.08. The molecular formula is C16H18BrClN2. The zero-order chi connectivity index (χ0) is 14.7. The SMILES string of the molecule is CC(c1ccccc1Cl)N(C)Cc1cc(N)cc(Br)c1. The Balaban J connectivity index is 2.15. The van der Waals surface area contributed by atoms with Crippen LogP contribution < -0.4 is 5.73 Å². The fourth-order valence-electron chi connectivity index (χ4n) is 2.24. The third-order valence-corrected chi connectivity index (χ3v) is 4.23. The van der Waals surface area contributed by atoms with Crippen molar-refractivity contribution in [2.45, 2.75) is 19.5 Å². The lowest BCUT2D eigenvalue weighted by Crippen LogP contribution is -2.22. The number of rotatable bonds is 4. The molecule has 0 saturated carbocycles. The van der Waals surface area contributed by atoms with E-state index in [1.165, 1.54) is 5.56 Å². The normalized spacial score (nSPS) is 12.7. The van der Waals surface area contributed by atoms with Crippen molar-refractivity contribution >= 4 is 33.2 Å². The molecule has 0 saturated heterocycles. The van der Waals surface area contributed by atoms with Crippen molar-refractivity contribution in [2.24, 2.45) is 0 Å². The van der Waals surface area contributed by atoms with Gasteiger partial charge in [-0.1, -0.05) is 45.7 Å². The standard InChI is InChI=1S/C16H18BrClN2/c1-11(15-5-3-4-6-16(15)18)20(2)10-12-7-13(17)9-14(19)8-12/h3-9,11H,10,19H2,1-2H3. The average molecular weight is 354 g/mol. The highest BCUT2D eigenvalue weighted by Crippen LogP contribution is 2.28. The minimum atomic E-state index is 0.240. The van der Waals surface area contributed by atoms with E-state index < -0.39 is 0 Å². The molecule has 2 rings (SSSR count). The van der Waals surface area contributed by atoms with Crippen LogP contribution >= 0.6 is 27.5 Å². The maximum absolute atomic E-state index is 6.26. The van der Waals surface area contributed by atoms with Crippen molar-refractivity contribution in [3.63, 3.8) is 0 Å². The fourth-order valence-corrected chi connectivity index (χ4v) is 3.09. The summed E-state index contributed by atoms with van der Waals surface area (Å²) in [6.45, 7) is 2.97. The van der Waals surface area contributed by atoms with Crippen LogP contribution in [-0.2, 0) is 6.54 Å². The molecule has 0 heterocycles. The summed E-state index contributed by atoms with van der Waals surface area (Å²) in [7, 11) is 2.09. The van der Waals surface area contributed by atoms with Crippen LogP contribution in [0.25, 0.3) is 0 Å². The molecule has 0 aliphatic heterocycles. The molecule has 4 heteroatoms. The van der Waals surface area contributed by atoms with Crippen LogP contribution in [0.2, 0.25) is 5.02 Å². The van der Waals surface area contributed by atoms with Gasteiger partial charge in [-0.25, -0.2) is 0 Å². The van der Waals surface area contributed by atoms with E-state index in [2.05, 4.69) is 46.9 Å². The molecule has 20 heavy (non-hydrogen) atoms. The first-order chi connectivity index (χ1) is 9.47. The third-order valence-electron chi connectivity index (χ3n) is 3.43. The molecule has 0 aliphatic rings. The number of nitrogen functional groups attached to an aromatic ring is 1. The highest BCUT2D eigenvalue weighted by atomic mass is 79.9. The smallest absolute Gasteiger partial charge is 0.0453 e. The van der Waals surface area contributed by atoms with Crippen molar-refractivity contribution in [2.75, 3.05) is 12.8 Å². The van der Waals surface area contributed by atoms with Crippen LogP contribution in [0.3, 0.4) is 0 Å². The zero-order valence-electron chi connectivity index (χ0n) is 11.6. The Hall–Kier alpha value is -1.03. The number of hydrogen-bond acceptors (Lipinski definition) is 2. The van der Waals surface area contributed by atoms with Crippen molar-refractivity contribution in [3.05, 3.63) is 63.1 Å². The molecule has 0 aromatic heterocycles. The molecule has 0 bridgehead atoms. The van der Waals surface area contributed by atoms with Gasteiger partial charge in [0.05, 0.1) is 0 Å². The fraction of sp³-hybridized carbons (Fsp3) is 0.250. The molecule has 2 aromatic carbocycles. The second-order valence-corrected chi connectivity index (χ2v) is 6.33. The van der Waals surface area contributed by atoms with Crippen LogP contribution in [0.15, 0.2) is 46.9 Å². The third kappa shape index (κ3) is 3.75. The molecular weight excluding hydrogens is 336 g/mol. The average Bonchev–Trinajstić information content (AvgIpc) is 2.37. The number of nitrogens with two attached hydrogens (primary N) is 1. The number of benzene rings is 2. The first kappa shape index (κ1) is 15.4. The van der Waals surface area contributed by atoms with Crippen LogP contribution in [0.4, 0.5) is 5.69 Å². The Morgan fingerprint density at radius 2 is 1.95 bits per heavy atom. The number of halogens is 2. The summed E-state index contributed by atoms with van der Waals surface area (Å²) in [5.74, 6) is 0. The first-order valence-corrected chi connectivity index (χ1v) is 7.64. The second kappa shape index (κ2) is 6.61. The van der Waals surface area contributed by atoms with Crippen LogP contribution in [0, 0.1) is 0 Å². The summed E-state index contributed by atoms with van der Waals surface area (Å²) in [6, 6.07) is 14.2.